The molecule has 3 rings (SSSR count). The molecule has 1 aliphatic carbocycles. The minimum absolute atomic E-state index is 0. The van der Waals surface area contributed by atoms with Gasteiger partial charge in [0.1, 0.15) is 0 Å². The first kappa shape index (κ1) is 20.4. The Kier molecular flexibility index (Phi) is 6.94. The van der Waals surface area contributed by atoms with Gasteiger partial charge >= 0.3 is 0 Å². The molecule has 0 atom stereocenters. The third-order valence-electron chi connectivity index (χ3n) is 3.96. The number of ketones is 2. The summed E-state index contributed by atoms with van der Waals surface area (Å²) < 4.78 is 0. The minimum Gasteiger partial charge on any atom is -0.361 e. The van der Waals surface area contributed by atoms with E-state index in [1.807, 2.05) is 61.5 Å². The van der Waals surface area contributed by atoms with E-state index in [1.165, 1.54) is 6.92 Å². The summed E-state index contributed by atoms with van der Waals surface area (Å²) in [6.45, 7) is 3.36. The van der Waals surface area contributed by atoms with Gasteiger partial charge in [0.2, 0.25) is 0 Å². The maximum atomic E-state index is 12.2. The number of hydrogen-bond donors (Lipinski definition) is 2. The Morgan fingerprint density at radius 3 is 2.30 bits per heavy atom. The van der Waals surface area contributed by atoms with E-state index in [0.29, 0.717) is 5.57 Å². The van der Waals surface area contributed by atoms with Crippen molar-refractivity contribution in [3.8, 4) is 0 Å². The fourth-order valence-electron chi connectivity index (χ4n) is 2.80. The van der Waals surface area contributed by atoms with Crippen LogP contribution in [-0.4, -0.2) is 11.6 Å². The average molecular weight is 408 g/mol. The van der Waals surface area contributed by atoms with Crippen molar-refractivity contribution in [3.05, 3.63) is 83.7 Å². The van der Waals surface area contributed by atoms with E-state index in [9.17, 15) is 9.59 Å². The van der Waals surface area contributed by atoms with Crippen LogP contribution in [0.1, 0.15) is 25.0 Å². The van der Waals surface area contributed by atoms with Crippen LogP contribution in [0.3, 0.4) is 0 Å². The number of anilines is 2. The van der Waals surface area contributed by atoms with Crippen LogP contribution in [0.2, 0.25) is 0 Å². The van der Waals surface area contributed by atoms with Gasteiger partial charge in [-0.3, -0.25) is 9.59 Å². The molecule has 1 radical (unpaired) electrons. The first-order valence-electron chi connectivity index (χ1n) is 8.37. The molecule has 0 spiro atoms. The van der Waals surface area contributed by atoms with Gasteiger partial charge in [0.15, 0.2) is 11.6 Å². The number of carbonyl (C=O) groups is 2. The predicted octanol–water partition coefficient (Wildman–Crippen LogP) is 4.64. The number of rotatable bonds is 5. The van der Waals surface area contributed by atoms with Gasteiger partial charge in [-0.25, -0.2) is 0 Å². The molecule has 141 valence electrons. The molecule has 0 aliphatic heterocycles. The van der Waals surface area contributed by atoms with Crippen molar-refractivity contribution in [2.45, 2.75) is 13.8 Å². The fourth-order valence-corrected chi connectivity index (χ4v) is 2.80. The van der Waals surface area contributed by atoms with Crippen LogP contribution in [0, 0.1) is 0 Å². The van der Waals surface area contributed by atoms with Crippen LogP contribution in [-0.2, 0) is 26.7 Å². The molecule has 4 nitrogen and oxygen atoms in total. The maximum Gasteiger partial charge on any atom is 0.187 e. The Bertz CT molecular complexity index is 941. The van der Waals surface area contributed by atoms with E-state index in [1.54, 1.807) is 18.4 Å². The topological polar surface area (TPSA) is 58.2 Å². The maximum absolute atomic E-state index is 12.2. The summed E-state index contributed by atoms with van der Waals surface area (Å²) in [5.41, 5.74) is 5.15. The van der Waals surface area contributed by atoms with Crippen LogP contribution in [0.15, 0.2) is 72.6 Å². The summed E-state index contributed by atoms with van der Waals surface area (Å²) in [5, 5.41) is 6.34. The quantitative estimate of drug-likeness (QED) is 0.560. The summed E-state index contributed by atoms with van der Waals surface area (Å²) in [6.07, 6.45) is 6.73. The molecule has 0 saturated heterocycles. The molecule has 0 unspecified atom stereocenters. The molecule has 0 heterocycles. The Morgan fingerprint density at radius 1 is 0.926 bits per heavy atom. The number of hydrogen-bond acceptors (Lipinski definition) is 4. The van der Waals surface area contributed by atoms with E-state index in [0.717, 1.165) is 28.2 Å². The second-order valence-corrected chi connectivity index (χ2v) is 6.13. The average Bonchev–Trinajstić information content (AvgIpc) is 2.61. The molecule has 27 heavy (non-hydrogen) atoms. The second-order valence-electron chi connectivity index (χ2n) is 6.13. The van der Waals surface area contributed by atoms with Gasteiger partial charge in [-0.05, 0) is 61.4 Å². The van der Waals surface area contributed by atoms with E-state index >= 15 is 0 Å². The second kappa shape index (κ2) is 9.17. The Labute approximate surface area is 169 Å². The smallest absolute Gasteiger partial charge is 0.187 e. The summed E-state index contributed by atoms with van der Waals surface area (Å²) in [6, 6.07) is 15.5. The minimum atomic E-state index is -0.0144. The van der Waals surface area contributed by atoms with Crippen molar-refractivity contribution < 1.29 is 26.7 Å². The SMILES string of the molecule is CC(=O)/C=C(\C)Nc1ccc(N/C=C2\C(=O)C=Cc3ccccc32)cc1.[Cu]. The fraction of sp³-hybridized carbons (Fsp3) is 0.0909. The first-order valence-corrected chi connectivity index (χ1v) is 8.37. The van der Waals surface area contributed by atoms with E-state index < -0.39 is 0 Å². The summed E-state index contributed by atoms with van der Waals surface area (Å²) in [5.74, 6) is -0.00845. The van der Waals surface area contributed by atoms with E-state index in [4.69, 9.17) is 0 Å². The van der Waals surface area contributed by atoms with Crippen LogP contribution in [0.5, 0.6) is 0 Å². The molecule has 0 fully saturated rings. The Morgan fingerprint density at radius 2 is 1.59 bits per heavy atom. The molecular weight excluding hydrogens is 388 g/mol. The van der Waals surface area contributed by atoms with E-state index in [-0.39, 0.29) is 28.6 Å². The summed E-state index contributed by atoms with van der Waals surface area (Å²) in [4.78, 5) is 23.3. The Hall–Kier alpha value is -2.88. The predicted molar refractivity (Wildman–Crippen MR) is 107 cm³/mol. The molecule has 0 bridgehead atoms. The van der Waals surface area contributed by atoms with Gasteiger partial charge in [0.25, 0.3) is 0 Å². The molecule has 1 aliphatic rings. The number of fused-ring (bicyclic) bond motifs is 1. The molecule has 0 aromatic heterocycles. The van der Waals surface area contributed by atoms with Crippen LogP contribution >= 0.6 is 0 Å². The van der Waals surface area contributed by atoms with Gasteiger partial charge in [-0.1, -0.05) is 30.3 Å². The Balaban J connectivity index is 0.00000261. The molecule has 2 aromatic rings. The number of nitrogens with one attached hydrogen (secondary N) is 2. The van der Waals surface area contributed by atoms with Crippen LogP contribution in [0.25, 0.3) is 11.6 Å². The zero-order valence-electron chi connectivity index (χ0n) is 15.0. The van der Waals surface area contributed by atoms with Crippen molar-refractivity contribution in [1.29, 1.82) is 0 Å². The zero-order valence-corrected chi connectivity index (χ0v) is 16.0. The summed E-state index contributed by atoms with van der Waals surface area (Å²) in [7, 11) is 0. The van der Waals surface area contributed by atoms with Crippen LogP contribution in [0.4, 0.5) is 11.4 Å². The number of allylic oxidation sites excluding steroid dienone is 4. The van der Waals surface area contributed by atoms with Gasteiger partial charge in [-0.15, -0.1) is 0 Å². The third-order valence-corrected chi connectivity index (χ3v) is 3.96. The molecule has 2 aromatic carbocycles. The van der Waals surface area contributed by atoms with Gasteiger partial charge in [0, 0.05) is 45.9 Å². The molecular formula is C22H20CuN2O2. The van der Waals surface area contributed by atoms with Gasteiger partial charge in [0.05, 0.1) is 0 Å². The number of benzene rings is 2. The normalized spacial score (nSPS) is 14.4. The standard InChI is InChI=1S/C22H20N2O2.Cu/c1-15(13-16(2)25)24-19-10-8-18(9-11-19)23-14-21-20-6-4-3-5-17(20)7-12-22(21)26;/h3-14,23-24H,1-2H3;/b15-13+,21-14-;. The van der Waals surface area contributed by atoms with Crippen molar-refractivity contribution in [2.24, 2.45) is 0 Å². The van der Waals surface area contributed by atoms with Gasteiger partial charge in [-0.2, -0.15) is 0 Å². The zero-order chi connectivity index (χ0) is 18.5. The largest absolute Gasteiger partial charge is 0.361 e. The summed E-state index contributed by atoms with van der Waals surface area (Å²) >= 11 is 0. The van der Waals surface area contributed by atoms with Gasteiger partial charge < -0.3 is 10.6 Å². The first-order chi connectivity index (χ1) is 12.5. The molecule has 2 N–H and O–H groups in total. The van der Waals surface area contributed by atoms with E-state index in [2.05, 4.69) is 10.6 Å². The molecule has 5 heteroatoms. The number of carbonyl (C=O) groups excluding carboxylic acids is 2. The van der Waals surface area contributed by atoms with Crippen molar-refractivity contribution >= 4 is 34.6 Å². The van der Waals surface area contributed by atoms with Crippen molar-refractivity contribution in [1.82, 2.24) is 0 Å². The van der Waals surface area contributed by atoms with Crippen molar-refractivity contribution in [3.63, 3.8) is 0 Å². The third kappa shape index (κ3) is 5.30. The monoisotopic (exact) mass is 407 g/mol. The van der Waals surface area contributed by atoms with Crippen molar-refractivity contribution in [2.75, 3.05) is 10.6 Å². The van der Waals surface area contributed by atoms with Crippen LogP contribution < -0.4 is 10.6 Å². The molecule has 0 amide bonds. The molecule has 0 saturated carbocycles.